The van der Waals surface area contributed by atoms with E-state index in [-0.39, 0.29) is 17.5 Å². The summed E-state index contributed by atoms with van der Waals surface area (Å²) in [5.41, 5.74) is 3.16. The molecule has 2 aliphatic rings. The summed E-state index contributed by atoms with van der Waals surface area (Å²) in [6.45, 7) is 0. The molecular formula is C23H19ClN2O4. The van der Waals surface area contributed by atoms with Crippen LogP contribution in [0.15, 0.2) is 65.8 Å². The molecule has 6 nitrogen and oxygen atoms in total. The summed E-state index contributed by atoms with van der Waals surface area (Å²) < 4.78 is 11.6. The molecular weight excluding hydrogens is 404 g/mol. The minimum absolute atomic E-state index is 0.0588. The van der Waals surface area contributed by atoms with Crippen LogP contribution in [0.4, 0.5) is 0 Å². The number of hydrogen-bond donors (Lipinski definition) is 2. The van der Waals surface area contributed by atoms with Crippen LogP contribution in [-0.4, -0.2) is 28.0 Å². The van der Waals surface area contributed by atoms with Crippen molar-refractivity contribution in [3.8, 4) is 23.0 Å². The SMILES string of the molecule is COc1cc([C@@H]2Oc3ccccc3[C@H]3CC(c4cc(Cl)ccc4O)=NN32)ccc1O. The maximum atomic E-state index is 10.4. The van der Waals surface area contributed by atoms with Gasteiger partial charge in [0.2, 0.25) is 6.23 Å². The highest BCUT2D eigenvalue weighted by Crippen LogP contribution is 2.48. The van der Waals surface area contributed by atoms with Crippen LogP contribution < -0.4 is 9.47 Å². The molecule has 0 spiro atoms. The Bertz CT molecular complexity index is 1160. The van der Waals surface area contributed by atoms with Crippen molar-refractivity contribution in [1.29, 1.82) is 0 Å². The van der Waals surface area contributed by atoms with E-state index < -0.39 is 6.23 Å². The van der Waals surface area contributed by atoms with Crippen LogP contribution in [-0.2, 0) is 0 Å². The molecule has 2 N–H and O–H groups in total. The van der Waals surface area contributed by atoms with Gasteiger partial charge < -0.3 is 19.7 Å². The summed E-state index contributed by atoms with van der Waals surface area (Å²) in [6.07, 6.45) is 0.0817. The largest absolute Gasteiger partial charge is 0.507 e. The average Bonchev–Trinajstić information content (AvgIpc) is 3.21. The van der Waals surface area contributed by atoms with Gasteiger partial charge in [0.25, 0.3) is 0 Å². The molecule has 2 aliphatic heterocycles. The highest BCUT2D eigenvalue weighted by atomic mass is 35.5. The molecule has 3 aromatic rings. The molecule has 0 radical (unpaired) electrons. The van der Waals surface area contributed by atoms with Gasteiger partial charge in [-0.2, -0.15) is 5.10 Å². The maximum absolute atomic E-state index is 10.4. The molecule has 0 bridgehead atoms. The number of hydrazone groups is 1. The number of phenolic OH excluding ortho intramolecular Hbond substituents is 2. The van der Waals surface area contributed by atoms with E-state index >= 15 is 0 Å². The lowest BCUT2D eigenvalue weighted by Crippen LogP contribution is -2.33. The quantitative estimate of drug-likeness (QED) is 0.621. The predicted molar refractivity (Wildman–Crippen MR) is 113 cm³/mol. The van der Waals surface area contributed by atoms with Gasteiger partial charge in [0.1, 0.15) is 11.5 Å². The molecule has 2 atom stereocenters. The van der Waals surface area contributed by atoms with Crippen molar-refractivity contribution in [3.05, 3.63) is 82.4 Å². The van der Waals surface area contributed by atoms with E-state index in [9.17, 15) is 10.2 Å². The Hall–Kier alpha value is -3.38. The van der Waals surface area contributed by atoms with Crippen LogP contribution >= 0.6 is 11.6 Å². The Balaban J connectivity index is 1.62. The van der Waals surface area contributed by atoms with Crippen LogP contribution in [0.2, 0.25) is 5.02 Å². The zero-order valence-electron chi connectivity index (χ0n) is 16.1. The number of rotatable bonds is 3. The lowest BCUT2D eigenvalue weighted by Gasteiger charge is -2.38. The smallest absolute Gasteiger partial charge is 0.214 e. The maximum Gasteiger partial charge on any atom is 0.214 e. The van der Waals surface area contributed by atoms with Gasteiger partial charge in [0.15, 0.2) is 11.5 Å². The first-order valence-corrected chi connectivity index (χ1v) is 9.90. The molecule has 7 heteroatoms. The molecule has 0 aliphatic carbocycles. The van der Waals surface area contributed by atoms with Crippen molar-refractivity contribution in [2.45, 2.75) is 18.7 Å². The van der Waals surface area contributed by atoms with Gasteiger partial charge in [-0.05, 0) is 42.5 Å². The van der Waals surface area contributed by atoms with Crippen LogP contribution in [0.1, 0.15) is 35.4 Å². The Morgan fingerprint density at radius 2 is 1.87 bits per heavy atom. The van der Waals surface area contributed by atoms with Crippen LogP contribution in [0.3, 0.4) is 0 Å². The summed E-state index contributed by atoms with van der Waals surface area (Å²) in [5, 5.41) is 27.6. The van der Waals surface area contributed by atoms with Crippen LogP contribution in [0, 0.1) is 0 Å². The number of phenols is 2. The molecule has 2 heterocycles. The lowest BCUT2D eigenvalue weighted by atomic mass is 9.95. The minimum Gasteiger partial charge on any atom is -0.507 e. The Labute approximate surface area is 178 Å². The first-order chi connectivity index (χ1) is 14.5. The van der Waals surface area contributed by atoms with Crippen LogP contribution in [0.25, 0.3) is 0 Å². The third kappa shape index (κ3) is 3.00. The van der Waals surface area contributed by atoms with E-state index in [2.05, 4.69) is 0 Å². The molecule has 0 aromatic heterocycles. The summed E-state index contributed by atoms with van der Waals surface area (Å²) in [4.78, 5) is 0. The number of ether oxygens (including phenoxy) is 2. The number of para-hydroxylation sites is 1. The molecule has 0 saturated heterocycles. The van der Waals surface area contributed by atoms with E-state index in [0.717, 1.165) is 22.6 Å². The van der Waals surface area contributed by atoms with E-state index in [1.54, 1.807) is 36.4 Å². The molecule has 30 heavy (non-hydrogen) atoms. The van der Waals surface area contributed by atoms with Gasteiger partial charge in [-0.25, -0.2) is 5.01 Å². The Kier molecular flexibility index (Phi) is 4.44. The minimum atomic E-state index is -0.516. The van der Waals surface area contributed by atoms with Crippen molar-refractivity contribution in [3.63, 3.8) is 0 Å². The van der Waals surface area contributed by atoms with E-state index in [0.29, 0.717) is 22.8 Å². The first-order valence-electron chi connectivity index (χ1n) is 9.52. The monoisotopic (exact) mass is 422 g/mol. The lowest BCUT2D eigenvalue weighted by molar-refractivity contribution is -0.0191. The number of nitrogens with zero attached hydrogens (tertiary/aromatic N) is 2. The second kappa shape index (κ2) is 7.15. The number of fused-ring (bicyclic) bond motifs is 3. The first kappa shape index (κ1) is 18.6. The van der Waals surface area contributed by atoms with Gasteiger partial charge in [-0.3, -0.25) is 0 Å². The van der Waals surface area contributed by atoms with Crippen molar-refractivity contribution in [2.75, 3.05) is 7.11 Å². The van der Waals surface area contributed by atoms with Crippen molar-refractivity contribution in [2.24, 2.45) is 5.10 Å². The number of benzene rings is 3. The molecule has 3 aromatic carbocycles. The highest BCUT2D eigenvalue weighted by molar-refractivity contribution is 6.31. The molecule has 0 fully saturated rings. The van der Waals surface area contributed by atoms with Gasteiger partial charge in [0, 0.05) is 28.1 Å². The van der Waals surface area contributed by atoms with Gasteiger partial charge in [0.05, 0.1) is 18.9 Å². The van der Waals surface area contributed by atoms with E-state index in [1.807, 2.05) is 29.3 Å². The number of halogens is 1. The Morgan fingerprint density at radius 1 is 1.07 bits per heavy atom. The fourth-order valence-electron chi connectivity index (χ4n) is 4.00. The third-order valence-electron chi connectivity index (χ3n) is 5.46. The third-order valence-corrected chi connectivity index (χ3v) is 5.69. The summed E-state index contributed by atoms with van der Waals surface area (Å²) in [5.74, 6) is 1.34. The molecule has 5 rings (SSSR count). The van der Waals surface area contributed by atoms with Crippen molar-refractivity contribution >= 4 is 17.3 Å². The van der Waals surface area contributed by atoms with Crippen molar-refractivity contribution in [1.82, 2.24) is 5.01 Å². The summed E-state index contributed by atoms with van der Waals surface area (Å²) >= 11 is 6.16. The number of hydrogen-bond acceptors (Lipinski definition) is 6. The average molecular weight is 423 g/mol. The van der Waals surface area contributed by atoms with Crippen LogP contribution in [0.5, 0.6) is 23.0 Å². The fourth-order valence-corrected chi connectivity index (χ4v) is 4.18. The molecule has 152 valence electrons. The Morgan fingerprint density at radius 3 is 2.70 bits per heavy atom. The van der Waals surface area contributed by atoms with E-state index in [4.69, 9.17) is 26.2 Å². The molecule has 0 unspecified atom stereocenters. The highest BCUT2D eigenvalue weighted by Gasteiger charge is 2.41. The van der Waals surface area contributed by atoms with Crippen molar-refractivity contribution < 1.29 is 19.7 Å². The summed E-state index contributed by atoms with van der Waals surface area (Å²) in [6, 6.07) is 17.9. The van der Waals surface area contributed by atoms with E-state index in [1.165, 1.54) is 7.11 Å². The number of aromatic hydroxyl groups is 2. The van der Waals surface area contributed by atoms with Gasteiger partial charge in [-0.1, -0.05) is 29.8 Å². The second-order valence-electron chi connectivity index (χ2n) is 7.25. The second-order valence-corrected chi connectivity index (χ2v) is 7.68. The molecule has 0 amide bonds. The normalized spacial score (nSPS) is 19.5. The zero-order valence-corrected chi connectivity index (χ0v) is 16.9. The van der Waals surface area contributed by atoms with Gasteiger partial charge >= 0.3 is 0 Å². The van der Waals surface area contributed by atoms with Gasteiger partial charge in [-0.15, -0.1) is 0 Å². The molecule has 0 saturated carbocycles. The number of methoxy groups -OCH3 is 1. The summed E-state index contributed by atoms with van der Waals surface area (Å²) in [7, 11) is 1.51. The zero-order chi connectivity index (χ0) is 20.8. The fraction of sp³-hybridized carbons (Fsp3) is 0.174. The topological polar surface area (TPSA) is 74.5 Å². The predicted octanol–water partition coefficient (Wildman–Crippen LogP) is 5.00. The standard InChI is InChI=1S/C23H19ClN2O4/c1-29-22-10-13(6-8-20(22)28)23-26-18(15-4-2-3-5-21(15)30-23)12-17(25-26)16-11-14(24)7-9-19(16)27/h2-11,18,23,27-28H,12H2,1H3/t18-,23+/m1/s1.